The molecule has 0 aliphatic heterocycles. The Balaban J connectivity index is 2.01. The highest BCUT2D eigenvalue weighted by atomic mass is 32.1. The number of nitrogens with zero attached hydrogens (tertiary/aromatic N) is 4. The molecular formula is C25H32N4S. The summed E-state index contributed by atoms with van der Waals surface area (Å²) in [5, 5.41) is 6.99. The van der Waals surface area contributed by atoms with Crippen molar-refractivity contribution in [1.82, 2.24) is 4.68 Å². The highest BCUT2D eigenvalue weighted by molar-refractivity contribution is 7.07. The van der Waals surface area contributed by atoms with Crippen molar-refractivity contribution in [3.8, 4) is 11.3 Å². The van der Waals surface area contributed by atoms with Crippen LogP contribution in [0.1, 0.15) is 43.0 Å². The van der Waals surface area contributed by atoms with E-state index in [2.05, 4.69) is 93.2 Å². The Morgan fingerprint density at radius 3 is 2.23 bits per heavy atom. The van der Waals surface area contributed by atoms with Crippen LogP contribution in [0.5, 0.6) is 0 Å². The van der Waals surface area contributed by atoms with Crippen molar-refractivity contribution in [3.05, 3.63) is 68.8 Å². The Morgan fingerprint density at radius 1 is 0.933 bits per heavy atom. The van der Waals surface area contributed by atoms with Gasteiger partial charge in [-0.25, -0.2) is 4.68 Å². The van der Waals surface area contributed by atoms with Crippen LogP contribution in [0, 0.1) is 20.8 Å². The summed E-state index contributed by atoms with van der Waals surface area (Å²) < 4.78 is 1.98. The van der Waals surface area contributed by atoms with Crippen LogP contribution in [0.3, 0.4) is 0 Å². The summed E-state index contributed by atoms with van der Waals surface area (Å²) in [5.74, 6) is 0. The van der Waals surface area contributed by atoms with E-state index in [1.54, 1.807) is 11.3 Å². The third kappa shape index (κ3) is 4.73. The number of rotatable bonds is 7. The summed E-state index contributed by atoms with van der Waals surface area (Å²) in [6.07, 6.45) is 1.92. The average Bonchev–Trinajstić information content (AvgIpc) is 3.13. The van der Waals surface area contributed by atoms with Crippen LogP contribution < -0.4 is 9.70 Å². The number of thiazole rings is 1. The van der Waals surface area contributed by atoms with Gasteiger partial charge in [-0.1, -0.05) is 18.2 Å². The van der Waals surface area contributed by atoms with E-state index in [4.69, 9.17) is 5.10 Å². The van der Waals surface area contributed by atoms with Crippen LogP contribution >= 0.6 is 11.3 Å². The standard InChI is InChI=1S/C25H32N4S/c1-7-26-25-29(24(17-30-25)23-15-19(5)18(4)14-20(23)6)27-16-21-10-12-22(13-11-21)28(8-2)9-3/h10-17H,7-9H2,1-6H3. The molecule has 3 rings (SSSR count). The Morgan fingerprint density at radius 2 is 1.60 bits per heavy atom. The van der Waals surface area contributed by atoms with Crippen molar-refractivity contribution >= 4 is 23.2 Å². The third-order valence-corrected chi connectivity index (χ3v) is 6.29. The van der Waals surface area contributed by atoms with Gasteiger partial charge in [-0.15, -0.1) is 11.3 Å². The van der Waals surface area contributed by atoms with Crippen LogP contribution in [-0.2, 0) is 0 Å². The second-order valence-corrected chi connectivity index (χ2v) is 8.29. The first-order valence-corrected chi connectivity index (χ1v) is 11.5. The Kier molecular flexibility index (Phi) is 7.27. The average molecular weight is 421 g/mol. The number of hydrogen-bond acceptors (Lipinski definition) is 4. The van der Waals surface area contributed by atoms with Crippen LogP contribution in [-0.4, -0.2) is 30.5 Å². The summed E-state index contributed by atoms with van der Waals surface area (Å²) in [6.45, 7) is 15.7. The molecule has 30 heavy (non-hydrogen) atoms. The van der Waals surface area contributed by atoms with E-state index in [1.165, 1.54) is 27.9 Å². The molecule has 0 saturated carbocycles. The van der Waals surface area contributed by atoms with Crippen molar-refractivity contribution in [3.63, 3.8) is 0 Å². The van der Waals surface area contributed by atoms with E-state index < -0.39 is 0 Å². The predicted octanol–water partition coefficient (Wildman–Crippen LogP) is 5.79. The molecule has 0 saturated heterocycles. The largest absolute Gasteiger partial charge is 0.372 e. The van der Waals surface area contributed by atoms with Crippen LogP contribution in [0.25, 0.3) is 11.3 Å². The monoisotopic (exact) mass is 420 g/mol. The van der Waals surface area contributed by atoms with E-state index in [0.717, 1.165) is 35.7 Å². The predicted molar refractivity (Wildman–Crippen MR) is 131 cm³/mol. The van der Waals surface area contributed by atoms with Gasteiger partial charge in [-0.2, -0.15) is 5.10 Å². The smallest absolute Gasteiger partial charge is 0.206 e. The molecule has 1 aromatic heterocycles. The van der Waals surface area contributed by atoms with Crippen molar-refractivity contribution < 1.29 is 0 Å². The Bertz CT molecular complexity index is 1080. The van der Waals surface area contributed by atoms with Gasteiger partial charge in [0.25, 0.3) is 0 Å². The van der Waals surface area contributed by atoms with E-state index in [1.807, 2.05) is 10.9 Å². The number of aromatic nitrogens is 1. The van der Waals surface area contributed by atoms with Gasteiger partial charge in [-0.3, -0.25) is 4.99 Å². The Hall–Kier alpha value is -2.66. The topological polar surface area (TPSA) is 32.9 Å². The van der Waals surface area contributed by atoms with Crippen LogP contribution in [0.4, 0.5) is 5.69 Å². The quantitative estimate of drug-likeness (QED) is 0.445. The molecule has 0 fully saturated rings. The normalized spacial score (nSPS) is 12.1. The lowest BCUT2D eigenvalue weighted by Crippen LogP contribution is -2.21. The molecule has 0 N–H and O–H groups in total. The van der Waals surface area contributed by atoms with Gasteiger partial charge in [0, 0.05) is 36.3 Å². The Labute approximate surface area is 184 Å². The van der Waals surface area contributed by atoms with Gasteiger partial charge >= 0.3 is 0 Å². The SMILES string of the molecule is CCN=c1scc(-c2cc(C)c(C)cc2C)n1N=Cc1ccc(N(CC)CC)cc1. The molecule has 0 unspecified atom stereocenters. The van der Waals surface area contributed by atoms with E-state index in [-0.39, 0.29) is 0 Å². The lowest BCUT2D eigenvalue weighted by atomic mass is 9.99. The fourth-order valence-corrected chi connectivity index (χ4v) is 4.45. The minimum atomic E-state index is 0.736. The fourth-order valence-electron chi connectivity index (χ4n) is 3.56. The first-order chi connectivity index (χ1) is 14.5. The van der Waals surface area contributed by atoms with Crippen molar-refractivity contribution in [2.24, 2.45) is 10.1 Å². The molecule has 1 heterocycles. The number of anilines is 1. The maximum absolute atomic E-state index is 4.83. The number of benzene rings is 2. The molecule has 0 radical (unpaired) electrons. The zero-order chi connectivity index (χ0) is 21.7. The van der Waals surface area contributed by atoms with Crippen molar-refractivity contribution in [1.29, 1.82) is 0 Å². The zero-order valence-electron chi connectivity index (χ0n) is 18.9. The molecule has 2 aromatic carbocycles. The molecule has 0 aliphatic rings. The van der Waals surface area contributed by atoms with Gasteiger partial charge in [0.2, 0.25) is 4.80 Å². The molecule has 4 nitrogen and oxygen atoms in total. The van der Waals surface area contributed by atoms with Crippen LogP contribution in [0.2, 0.25) is 0 Å². The second kappa shape index (κ2) is 9.90. The minimum Gasteiger partial charge on any atom is -0.372 e. The van der Waals surface area contributed by atoms with E-state index >= 15 is 0 Å². The molecule has 0 amide bonds. The zero-order valence-corrected chi connectivity index (χ0v) is 19.8. The number of hydrogen-bond donors (Lipinski definition) is 0. The summed E-state index contributed by atoms with van der Waals surface area (Å²) in [7, 11) is 0. The second-order valence-electron chi connectivity index (χ2n) is 7.45. The lowest BCUT2D eigenvalue weighted by Gasteiger charge is -2.20. The minimum absolute atomic E-state index is 0.736. The molecule has 0 atom stereocenters. The summed E-state index contributed by atoms with van der Waals surface area (Å²) in [6, 6.07) is 13.1. The van der Waals surface area contributed by atoms with Gasteiger partial charge < -0.3 is 4.90 Å². The van der Waals surface area contributed by atoms with Gasteiger partial charge in [0.05, 0.1) is 11.9 Å². The molecule has 0 bridgehead atoms. The van der Waals surface area contributed by atoms with Gasteiger partial charge in [0.15, 0.2) is 0 Å². The number of aryl methyl sites for hydroxylation is 3. The fraction of sp³-hybridized carbons (Fsp3) is 0.360. The third-order valence-electron chi connectivity index (χ3n) is 5.44. The molecule has 0 spiro atoms. The molecule has 5 heteroatoms. The molecule has 0 aliphatic carbocycles. The van der Waals surface area contributed by atoms with Crippen molar-refractivity contribution in [2.45, 2.75) is 41.5 Å². The van der Waals surface area contributed by atoms with Gasteiger partial charge in [0.1, 0.15) is 0 Å². The van der Waals surface area contributed by atoms with E-state index in [0.29, 0.717) is 0 Å². The maximum Gasteiger partial charge on any atom is 0.206 e. The molecule has 3 aromatic rings. The van der Waals surface area contributed by atoms with E-state index in [9.17, 15) is 0 Å². The lowest BCUT2D eigenvalue weighted by molar-refractivity contribution is 0.832. The summed E-state index contributed by atoms with van der Waals surface area (Å²) in [4.78, 5) is 7.91. The molecule has 158 valence electrons. The maximum atomic E-state index is 4.83. The summed E-state index contributed by atoms with van der Waals surface area (Å²) in [5.41, 5.74) is 8.48. The van der Waals surface area contributed by atoms with Crippen LogP contribution in [0.15, 0.2) is 51.9 Å². The highest BCUT2D eigenvalue weighted by Crippen LogP contribution is 2.27. The first-order valence-electron chi connectivity index (χ1n) is 10.7. The summed E-state index contributed by atoms with van der Waals surface area (Å²) >= 11 is 1.64. The van der Waals surface area contributed by atoms with Crippen molar-refractivity contribution in [2.75, 3.05) is 24.5 Å². The first kappa shape index (κ1) is 22.0. The highest BCUT2D eigenvalue weighted by Gasteiger charge is 2.11. The molecular weight excluding hydrogens is 388 g/mol. The van der Waals surface area contributed by atoms with Gasteiger partial charge in [-0.05, 0) is 82.0 Å².